The zero-order valence-corrected chi connectivity index (χ0v) is 23.9. The number of anilines is 1. The Bertz CT molecular complexity index is 1310. The van der Waals surface area contributed by atoms with Crippen LogP contribution in [0.2, 0.25) is 5.02 Å². The Morgan fingerprint density at radius 2 is 2.00 bits per heavy atom. The average molecular weight is 557 g/mol. The van der Waals surface area contributed by atoms with Crippen LogP contribution in [-0.4, -0.2) is 59.4 Å². The van der Waals surface area contributed by atoms with E-state index >= 15 is 0 Å². The molecule has 9 nitrogen and oxygen atoms in total. The van der Waals surface area contributed by atoms with Crippen LogP contribution < -0.4 is 14.4 Å². The number of carbonyl (C=O) groups is 2. The number of carbonyl (C=O) groups excluding carboxylic acids is 2. The topological polar surface area (TPSA) is 86.1 Å². The Labute approximate surface area is 234 Å². The van der Waals surface area contributed by atoms with Crippen molar-refractivity contribution in [3.63, 3.8) is 0 Å². The first-order valence-electron chi connectivity index (χ1n) is 13.5. The molecule has 39 heavy (non-hydrogen) atoms. The van der Waals surface area contributed by atoms with E-state index in [-0.39, 0.29) is 24.6 Å². The van der Waals surface area contributed by atoms with E-state index in [9.17, 15) is 9.59 Å². The molecule has 1 aliphatic rings. The van der Waals surface area contributed by atoms with Gasteiger partial charge in [-0.3, -0.25) is 9.69 Å². The van der Waals surface area contributed by atoms with Crippen molar-refractivity contribution < 1.29 is 23.8 Å². The Hall–Kier alpha value is -3.46. The van der Waals surface area contributed by atoms with Gasteiger partial charge in [0.25, 0.3) is 0 Å². The van der Waals surface area contributed by atoms with Gasteiger partial charge in [0.15, 0.2) is 11.5 Å². The Morgan fingerprint density at radius 1 is 1.18 bits per heavy atom. The summed E-state index contributed by atoms with van der Waals surface area (Å²) in [5, 5.41) is 1.21. The van der Waals surface area contributed by atoms with E-state index in [0.717, 1.165) is 42.3 Å². The van der Waals surface area contributed by atoms with Crippen LogP contribution in [-0.2, 0) is 22.6 Å². The van der Waals surface area contributed by atoms with Crippen LogP contribution in [0.15, 0.2) is 36.7 Å². The van der Waals surface area contributed by atoms with Crippen molar-refractivity contribution in [2.75, 3.05) is 31.8 Å². The molecule has 3 heterocycles. The molecule has 1 aliphatic heterocycles. The lowest BCUT2D eigenvalue weighted by atomic mass is 10.1. The van der Waals surface area contributed by atoms with Crippen molar-refractivity contribution in [3.8, 4) is 11.5 Å². The number of benzene rings is 1. The SMILES string of the molecule is CCCCCOc1cc(N2CC[C@H](C)N(Cc3ccnc4c3c(Cl)cn4CC(=O)OCC)C2=O)ccc1OC. The number of hydrogen-bond donors (Lipinski definition) is 0. The average Bonchev–Trinajstić information content (AvgIpc) is 3.24. The highest BCUT2D eigenvalue weighted by Gasteiger charge is 2.33. The number of fused-ring (bicyclic) bond motifs is 1. The first-order valence-corrected chi connectivity index (χ1v) is 13.9. The van der Waals surface area contributed by atoms with Gasteiger partial charge < -0.3 is 23.7 Å². The molecule has 2 amide bonds. The molecule has 0 saturated carbocycles. The normalized spacial score (nSPS) is 15.6. The van der Waals surface area contributed by atoms with Crippen LogP contribution in [0.5, 0.6) is 11.5 Å². The molecule has 1 fully saturated rings. The van der Waals surface area contributed by atoms with Crippen LogP contribution in [0.25, 0.3) is 11.0 Å². The van der Waals surface area contributed by atoms with Crippen molar-refractivity contribution in [1.82, 2.24) is 14.5 Å². The maximum absolute atomic E-state index is 13.8. The first kappa shape index (κ1) is 28.5. The number of ether oxygens (including phenoxy) is 3. The fraction of sp³-hybridized carbons (Fsp3) is 0.483. The number of esters is 1. The molecule has 1 atom stereocenters. The molecule has 4 rings (SSSR count). The molecule has 0 bridgehead atoms. The van der Waals surface area contributed by atoms with E-state index in [1.807, 2.05) is 29.2 Å². The standard InChI is InChI=1S/C29H37ClN4O5/c1-5-7-8-15-39-25-16-22(9-10-24(25)37-4)33-14-12-20(3)34(29(33)36)17-21-11-13-31-28-27(21)23(30)18-32(28)19-26(35)38-6-2/h9-11,13,16,18,20H,5-8,12,14-15,17,19H2,1-4H3/t20-/m0/s1. The largest absolute Gasteiger partial charge is 0.493 e. The Balaban J connectivity index is 1.57. The highest BCUT2D eigenvalue weighted by Crippen LogP contribution is 2.35. The second kappa shape index (κ2) is 13.1. The van der Waals surface area contributed by atoms with Gasteiger partial charge >= 0.3 is 12.0 Å². The minimum Gasteiger partial charge on any atom is -0.493 e. The van der Waals surface area contributed by atoms with Gasteiger partial charge in [0.05, 0.1) is 25.3 Å². The minimum atomic E-state index is -0.359. The fourth-order valence-electron chi connectivity index (χ4n) is 4.87. The van der Waals surface area contributed by atoms with Crippen LogP contribution in [0, 0.1) is 0 Å². The maximum Gasteiger partial charge on any atom is 0.325 e. The van der Waals surface area contributed by atoms with Crippen LogP contribution >= 0.6 is 11.6 Å². The lowest BCUT2D eigenvalue weighted by Gasteiger charge is -2.40. The number of methoxy groups -OCH3 is 1. The summed E-state index contributed by atoms with van der Waals surface area (Å²) in [4.78, 5) is 34.0. The zero-order valence-electron chi connectivity index (χ0n) is 23.1. The van der Waals surface area contributed by atoms with Gasteiger partial charge in [-0.2, -0.15) is 0 Å². The van der Waals surface area contributed by atoms with Gasteiger partial charge in [0, 0.05) is 48.7 Å². The zero-order chi connectivity index (χ0) is 27.9. The van der Waals surface area contributed by atoms with Gasteiger partial charge in [0.1, 0.15) is 12.2 Å². The van der Waals surface area contributed by atoms with Crippen molar-refractivity contribution >= 4 is 40.3 Å². The van der Waals surface area contributed by atoms with Gasteiger partial charge in [0.2, 0.25) is 0 Å². The van der Waals surface area contributed by atoms with Crippen LogP contribution in [0.4, 0.5) is 10.5 Å². The number of halogens is 1. The molecule has 3 aromatic rings. The number of nitrogens with zero attached hydrogens (tertiary/aromatic N) is 4. The van der Waals surface area contributed by atoms with Crippen LogP contribution in [0.1, 0.15) is 52.0 Å². The monoisotopic (exact) mass is 556 g/mol. The number of amides is 2. The molecule has 1 saturated heterocycles. The van der Waals surface area contributed by atoms with E-state index in [4.69, 9.17) is 25.8 Å². The summed E-state index contributed by atoms with van der Waals surface area (Å²) in [6, 6.07) is 7.42. The summed E-state index contributed by atoms with van der Waals surface area (Å²) in [6.07, 6.45) is 7.34. The van der Waals surface area contributed by atoms with E-state index in [1.165, 1.54) is 0 Å². The van der Waals surface area contributed by atoms with Crippen molar-refractivity contribution in [2.24, 2.45) is 0 Å². The van der Waals surface area contributed by atoms with E-state index in [0.29, 0.717) is 48.5 Å². The van der Waals surface area contributed by atoms with E-state index < -0.39 is 0 Å². The second-order valence-corrected chi connectivity index (χ2v) is 10.1. The number of urea groups is 1. The summed E-state index contributed by atoms with van der Waals surface area (Å²) < 4.78 is 18.3. The molecule has 0 unspecified atom stereocenters. The van der Waals surface area contributed by atoms with Gasteiger partial charge in [-0.1, -0.05) is 31.4 Å². The highest BCUT2D eigenvalue weighted by molar-refractivity contribution is 6.35. The van der Waals surface area contributed by atoms with E-state index in [1.54, 1.807) is 35.9 Å². The van der Waals surface area contributed by atoms with Gasteiger partial charge in [-0.05, 0) is 50.5 Å². The fourth-order valence-corrected chi connectivity index (χ4v) is 5.19. The minimum absolute atomic E-state index is 0.0145. The molecule has 0 aliphatic carbocycles. The predicted octanol–water partition coefficient (Wildman–Crippen LogP) is 6.05. The smallest absolute Gasteiger partial charge is 0.325 e. The molecule has 2 aromatic heterocycles. The molecular weight excluding hydrogens is 520 g/mol. The third-order valence-electron chi connectivity index (χ3n) is 6.99. The second-order valence-electron chi connectivity index (χ2n) is 9.67. The number of pyridine rings is 1. The highest BCUT2D eigenvalue weighted by atomic mass is 35.5. The molecular formula is C29H37ClN4O5. The number of aromatic nitrogens is 2. The third kappa shape index (κ3) is 6.41. The third-order valence-corrected chi connectivity index (χ3v) is 7.27. The lowest BCUT2D eigenvalue weighted by Crippen LogP contribution is -2.53. The maximum atomic E-state index is 13.8. The van der Waals surface area contributed by atoms with Gasteiger partial charge in [-0.15, -0.1) is 0 Å². The summed E-state index contributed by atoms with van der Waals surface area (Å²) in [7, 11) is 1.62. The molecule has 0 spiro atoms. The molecule has 210 valence electrons. The number of hydrogen-bond acceptors (Lipinski definition) is 6. The number of unbranched alkanes of at least 4 members (excludes halogenated alkanes) is 2. The summed E-state index contributed by atoms with van der Waals surface area (Å²) >= 11 is 6.61. The lowest BCUT2D eigenvalue weighted by molar-refractivity contribution is -0.143. The molecule has 10 heteroatoms. The van der Waals surface area contributed by atoms with Crippen molar-refractivity contribution in [2.45, 2.75) is 65.6 Å². The summed E-state index contributed by atoms with van der Waals surface area (Å²) in [6.45, 7) is 7.84. The van der Waals surface area contributed by atoms with Crippen molar-refractivity contribution in [3.05, 3.63) is 47.2 Å². The van der Waals surface area contributed by atoms with Gasteiger partial charge in [-0.25, -0.2) is 9.78 Å². The molecule has 0 radical (unpaired) electrons. The van der Waals surface area contributed by atoms with Crippen molar-refractivity contribution in [1.29, 1.82) is 0 Å². The summed E-state index contributed by atoms with van der Waals surface area (Å²) in [5.41, 5.74) is 2.21. The van der Waals surface area contributed by atoms with E-state index in [2.05, 4.69) is 18.8 Å². The quantitative estimate of drug-likeness (QED) is 0.199. The predicted molar refractivity (Wildman–Crippen MR) is 152 cm³/mol. The Morgan fingerprint density at radius 3 is 2.74 bits per heavy atom. The molecule has 1 aromatic carbocycles. The first-order chi connectivity index (χ1) is 18.9. The molecule has 0 N–H and O–H groups in total. The number of rotatable bonds is 12. The Kier molecular flexibility index (Phi) is 9.56. The summed E-state index contributed by atoms with van der Waals surface area (Å²) in [5.74, 6) is 0.919. The van der Waals surface area contributed by atoms with Crippen LogP contribution in [0.3, 0.4) is 0 Å².